The summed E-state index contributed by atoms with van der Waals surface area (Å²) in [5.74, 6) is -0.273. The molecule has 0 unspecified atom stereocenters. The van der Waals surface area contributed by atoms with Crippen LogP contribution in [0.1, 0.15) is 5.56 Å². The fraction of sp³-hybridized carbons (Fsp3) is 0.222. The number of aromatic hydroxyl groups is 1. The molecule has 25 heavy (non-hydrogen) atoms. The van der Waals surface area contributed by atoms with Crippen molar-refractivity contribution >= 4 is 26.6 Å². The van der Waals surface area contributed by atoms with E-state index < -0.39 is 10.0 Å². The highest BCUT2D eigenvalue weighted by atomic mass is 32.2. The molecule has 0 radical (unpaired) electrons. The van der Waals surface area contributed by atoms with E-state index in [1.165, 1.54) is 12.1 Å². The third-order valence-corrected chi connectivity index (χ3v) is 5.37. The second-order valence-electron chi connectivity index (χ2n) is 5.85. The number of nitrogens with one attached hydrogen (secondary N) is 1. The van der Waals surface area contributed by atoms with Gasteiger partial charge in [0.1, 0.15) is 10.6 Å². The van der Waals surface area contributed by atoms with E-state index in [1.807, 2.05) is 22.9 Å². The summed E-state index contributed by atoms with van der Waals surface area (Å²) in [5, 5.41) is 10.8. The Bertz CT molecular complexity index is 1010. The molecular formula is C18H20N2O4S. The van der Waals surface area contributed by atoms with Crippen molar-refractivity contribution in [2.24, 2.45) is 0 Å². The summed E-state index contributed by atoms with van der Waals surface area (Å²) in [6.07, 6.45) is 1.94. The number of fused-ring (bicyclic) bond motifs is 1. The first-order valence-corrected chi connectivity index (χ1v) is 9.29. The Morgan fingerprint density at radius 3 is 2.72 bits per heavy atom. The van der Waals surface area contributed by atoms with E-state index >= 15 is 0 Å². The summed E-state index contributed by atoms with van der Waals surface area (Å²) in [4.78, 5) is -0.134. The van der Waals surface area contributed by atoms with E-state index in [4.69, 9.17) is 4.74 Å². The first kappa shape index (κ1) is 17.3. The van der Waals surface area contributed by atoms with Gasteiger partial charge in [-0.15, -0.1) is 0 Å². The Kier molecular flexibility index (Phi) is 4.69. The monoisotopic (exact) mass is 360 g/mol. The van der Waals surface area contributed by atoms with Crippen LogP contribution in [0.25, 0.3) is 10.9 Å². The van der Waals surface area contributed by atoms with Gasteiger partial charge in [0.15, 0.2) is 0 Å². The molecule has 132 valence electrons. The van der Waals surface area contributed by atoms with Crippen molar-refractivity contribution in [2.75, 3.05) is 18.4 Å². The highest BCUT2D eigenvalue weighted by Crippen LogP contribution is 2.27. The van der Waals surface area contributed by atoms with Crippen molar-refractivity contribution in [3.63, 3.8) is 0 Å². The predicted molar refractivity (Wildman–Crippen MR) is 97.5 cm³/mol. The van der Waals surface area contributed by atoms with Crippen LogP contribution in [0.15, 0.2) is 53.6 Å². The first-order chi connectivity index (χ1) is 11.9. The van der Waals surface area contributed by atoms with E-state index in [-0.39, 0.29) is 10.6 Å². The molecule has 7 heteroatoms. The molecule has 0 amide bonds. The maximum Gasteiger partial charge on any atom is 0.265 e. The second kappa shape index (κ2) is 6.78. The summed E-state index contributed by atoms with van der Waals surface area (Å²) in [5.41, 5.74) is 2.19. The normalized spacial score (nSPS) is 11.8. The Labute approximate surface area is 146 Å². The van der Waals surface area contributed by atoms with E-state index in [0.29, 0.717) is 12.3 Å². The number of anilines is 1. The maximum atomic E-state index is 12.6. The van der Waals surface area contributed by atoms with Crippen molar-refractivity contribution in [2.45, 2.75) is 18.4 Å². The lowest BCUT2D eigenvalue weighted by Gasteiger charge is -2.11. The molecule has 2 aromatic carbocycles. The molecule has 0 aliphatic heterocycles. The number of phenolic OH excluding ortho intramolecular Hbond substituents is 1. The number of nitrogens with zero attached hydrogens (tertiary/aromatic N) is 1. The molecule has 3 rings (SSSR count). The van der Waals surface area contributed by atoms with E-state index in [1.54, 1.807) is 32.2 Å². The third-order valence-electron chi connectivity index (χ3n) is 3.96. The molecular weight excluding hydrogens is 340 g/mol. The lowest BCUT2D eigenvalue weighted by Crippen LogP contribution is -2.13. The van der Waals surface area contributed by atoms with Gasteiger partial charge in [0.25, 0.3) is 10.0 Å². The van der Waals surface area contributed by atoms with Gasteiger partial charge in [0.2, 0.25) is 0 Å². The number of phenols is 1. The number of aryl methyl sites for hydroxylation is 1. The highest BCUT2D eigenvalue weighted by molar-refractivity contribution is 7.92. The average Bonchev–Trinajstić information content (AvgIpc) is 2.97. The molecule has 1 heterocycles. The Balaban J connectivity index is 1.91. The van der Waals surface area contributed by atoms with Gasteiger partial charge in [-0.1, -0.05) is 6.07 Å². The molecule has 0 spiro atoms. The minimum absolute atomic E-state index is 0.134. The molecule has 0 aliphatic rings. The summed E-state index contributed by atoms with van der Waals surface area (Å²) in [6.45, 7) is 3.10. The fourth-order valence-corrected chi connectivity index (χ4v) is 3.93. The molecule has 0 bridgehead atoms. The van der Waals surface area contributed by atoms with Crippen LogP contribution in [0.3, 0.4) is 0 Å². The first-order valence-electron chi connectivity index (χ1n) is 7.81. The van der Waals surface area contributed by atoms with Gasteiger partial charge >= 0.3 is 0 Å². The standard InChI is InChI=1S/C18H20N2O4S/c1-13-3-6-17(21)18(11-13)25(22,23)19-15-4-5-16-14(12-15)7-8-20(16)9-10-24-2/h3-8,11-12,19,21H,9-10H2,1-2H3. The van der Waals surface area contributed by atoms with Crippen molar-refractivity contribution < 1.29 is 18.3 Å². The van der Waals surface area contributed by atoms with Crippen molar-refractivity contribution in [3.8, 4) is 5.75 Å². The Hall–Kier alpha value is -2.51. The van der Waals surface area contributed by atoms with E-state index in [2.05, 4.69) is 4.72 Å². The summed E-state index contributed by atoms with van der Waals surface area (Å²) < 4.78 is 34.8. The maximum absolute atomic E-state index is 12.6. The number of benzene rings is 2. The van der Waals surface area contributed by atoms with Crippen LogP contribution in [-0.2, 0) is 21.3 Å². The van der Waals surface area contributed by atoms with Gasteiger partial charge in [-0.25, -0.2) is 8.42 Å². The lowest BCUT2D eigenvalue weighted by molar-refractivity contribution is 0.188. The van der Waals surface area contributed by atoms with E-state index in [9.17, 15) is 13.5 Å². The topological polar surface area (TPSA) is 80.6 Å². The number of ether oxygens (including phenoxy) is 1. The molecule has 1 aromatic heterocycles. The zero-order chi connectivity index (χ0) is 18.0. The van der Waals surface area contributed by atoms with Crippen molar-refractivity contribution in [1.29, 1.82) is 0 Å². The number of rotatable bonds is 6. The molecule has 2 N–H and O–H groups in total. The number of hydrogen-bond acceptors (Lipinski definition) is 4. The minimum Gasteiger partial charge on any atom is -0.507 e. The number of methoxy groups -OCH3 is 1. The number of hydrogen-bond donors (Lipinski definition) is 2. The van der Waals surface area contributed by atoms with E-state index in [0.717, 1.165) is 23.0 Å². The molecule has 3 aromatic rings. The zero-order valence-corrected chi connectivity index (χ0v) is 14.9. The van der Waals surface area contributed by atoms with Gasteiger partial charge in [-0.3, -0.25) is 4.72 Å². The Morgan fingerprint density at radius 2 is 1.96 bits per heavy atom. The number of aromatic nitrogens is 1. The fourth-order valence-electron chi connectivity index (χ4n) is 2.69. The molecule has 0 aliphatic carbocycles. The van der Waals surface area contributed by atoms with Crippen LogP contribution >= 0.6 is 0 Å². The van der Waals surface area contributed by atoms with Crippen LogP contribution in [0.5, 0.6) is 5.75 Å². The summed E-state index contributed by atoms with van der Waals surface area (Å²) in [6, 6.07) is 11.7. The summed E-state index contributed by atoms with van der Waals surface area (Å²) in [7, 11) is -2.22. The molecule has 0 saturated carbocycles. The second-order valence-corrected chi connectivity index (χ2v) is 7.50. The van der Waals surface area contributed by atoms with Crippen LogP contribution in [0.2, 0.25) is 0 Å². The highest BCUT2D eigenvalue weighted by Gasteiger charge is 2.19. The quantitative estimate of drug-likeness (QED) is 0.708. The van der Waals surface area contributed by atoms with Gasteiger partial charge in [0.05, 0.1) is 6.61 Å². The largest absolute Gasteiger partial charge is 0.507 e. The van der Waals surface area contributed by atoms with Gasteiger partial charge in [-0.2, -0.15) is 0 Å². The van der Waals surface area contributed by atoms with Crippen LogP contribution in [-0.4, -0.2) is 31.8 Å². The Morgan fingerprint density at radius 1 is 1.16 bits per heavy atom. The predicted octanol–water partition coefficient (Wildman–Crippen LogP) is 3.10. The van der Waals surface area contributed by atoms with Crippen LogP contribution in [0.4, 0.5) is 5.69 Å². The van der Waals surface area contributed by atoms with Crippen molar-refractivity contribution in [3.05, 3.63) is 54.2 Å². The van der Waals surface area contributed by atoms with Crippen molar-refractivity contribution in [1.82, 2.24) is 4.57 Å². The third kappa shape index (κ3) is 3.62. The average molecular weight is 360 g/mol. The molecule has 6 nitrogen and oxygen atoms in total. The zero-order valence-electron chi connectivity index (χ0n) is 14.1. The lowest BCUT2D eigenvalue weighted by atomic mass is 10.2. The smallest absolute Gasteiger partial charge is 0.265 e. The van der Waals surface area contributed by atoms with Gasteiger partial charge in [-0.05, 0) is 48.9 Å². The number of sulfonamides is 1. The SMILES string of the molecule is COCCn1ccc2cc(NS(=O)(=O)c3cc(C)ccc3O)ccc21. The minimum atomic E-state index is -3.87. The molecule has 0 atom stereocenters. The van der Waals surface area contributed by atoms with Crippen LogP contribution < -0.4 is 4.72 Å². The van der Waals surface area contributed by atoms with Crippen LogP contribution in [0, 0.1) is 6.92 Å². The molecule has 0 saturated heterocycles. The summed E-state index contributed by atoms with van der Waals surface area (Å²) >= 11 is 0. The molecule has 0 fully saturated rings. The van der Waals surface area contributed by atoms with Gasteiger partial charge in [0, 0.05) is 36.4 Å². The van der Waals surface area contributed by atoms with Gasteiger partial charge < -0.3 is 14.4 Å².